The Hall–Kier alpha value is -1.88. The number of esters is 1. The molecule has 25 heavy (non-hydrogen) atoms. The third-order valence-electron chi connectivity index (χ3n) is 5.12. The van der Waals surface area contributed by atoms with Crippen LogP contribution in [0, 0.1) is 0 Å². The summed E-state index contributed by atoms with van der Waals surface area (Å²) in [6.45, 7) is 3.35. The number of carbonyl (C=O) groups is 2. The number of nitrogens with zero attached hydrogens (tertiary/aromatic N) is 1. The maximum atomic E-state index is 11.9. The van der Waals surface area contributed by atoms with Gasteiger partial charge in [0.2, 0.25) is 0 Å². The molecule has 0 radical (unpaired) electrons. The average molecular weight is 345 g/mol. The van der Waals surface area contributed by atoms with Crippen LogP contribution in [0.25, 0.3) is 0 Å². The number of benzene rings is 1. The third-order valence-corrected chi connectivity index (χ3v) is 5.12. The number of hydrogen-bond donors (Lipinski definition) is 0. The number of piperidine rings is 1. The van der Waals surface area contributed by atoms with E-state index >= 15 is 0 Å². The molecule has 1 aromatic carbocycles. The molecule has 1 saturated carbocycles. The van der Waals surface area contributed by atoms with Crippen LogP contribution in [0.5, 0.6) is 0 Å². The van der Waals surface area contributed by atoms with Gasteiger partial charge in [-0.25, -0.2) is 4.79 Å². The minimum absolute atomic E-state index is 0.0209. The largest absolute Gasteiger partial charge is 0.461 e. The summed E-state index contributed by atoms with van der Waals surface area (Å²) in [6.07, 6.45) is 6.40. The Kier molecular flexibility index (Phi) is 6.08. The van der Waals surface area contributed by atoms with Crippen LogP contribution in [0.4, 0.5) is 5.69 Å². The molecular weight excluding hydrogens is 318 g/mol. The summed E-state index contributed by atoms with van der Waals surface area (Å²) in [5, 5.41) is 0. The Balaban J connectivity index is 1.40. The number of hydrogen-bond acceptors (Lipinski definition) is 5. The van der Waals surface area contributed by atoms with Gasteiger partial charge in [-0.05, 0) is 44.0 Å². The maximum Gasteiger partial charge on any atom is 0.332 e. The number of Topliss-reactive ketones (excluding diaryl/α,β-unsaturated/α-hetero) is 1. The molecule has 3 rings (SSSR count). The first-order valence-corrected chi connectivity index (χ1v) is 9.29. The van der Waals surface area contributed by atoms with Gasteiger partial charge in [-0.15, -0.1) is 0 Å². The first kappa shape index (κ1) is 17.9. The first-order valence-electron chi connectivity index (χ1n) is 9.29. The lowest BCUT2D eigenvalue weighted by Gasteiger charge is -2.33. The van der Waals surface area contributed by atoms with Crippen molar-refractivity contribution >= 4 is 17.4 Å². The van der Waals surface area contributed by atoms with Crippen LogP contribution < -0.4 is 4.90 Å². The van der Waals surface area contributed by atoms with Crippen molar-refractivity contribution in [2.24, 2.45) is 0 Å². The zero-order valence-electron chi connectivity index (χ0n) is 14.9. The van der Waals surface area contributed by atoms with Gasteiger partial charge < -0.3 is 14.4 Å². The minimum Gasteiger partial charge on any atom is -0.461 e. The van der Waals surface area contributed by atoms with Crippen molar-refractivity contribution in [1.29, 1.82) is 0 Å². The van der Waals surface area contributed by atoms with E-state index < -0.39 is 0 Å². The van der Waals surface area contributed by atoms with E-state index in [0.717, 1.165) is 50.0 Å². The third kappa shape index (κ3) is 5.05. The summed E-state index contributed by atoms with van der Waals surface area (Å²) in [7, 11) is 0. The van der Waals surface area contributed by atoms with E-state index in [4.69, 9.17) is 9.47 Å². The van der Waals surface area contributed by atoms with Crippen LogP contribution in [0.1, 0.15) is 55.8 Å². The van der Waals surface area contributed by atoms with Crippen LogP contribution in [-0.2, 0) is 14.3 Å². The van der Waals surface area contributed by atoms with Crippen molar-refractivity contribution in [2.75, 3.05) is 24.6 Å². The molecule has 0 atom stereocenters. The van der Waals surface area contributed by atoms with Crippen molar-refractivity contribution < 1.29 is 19.1 Å². The molecule has 0 amide bonds. The predicted molar refractivity (Wildman–Crippen MR) is 96.0 cm³/mol. The van der Waals surface area contributed by atoms with Crippen molar-refractivity contribution in [3.63, 3.8) is 0 Å². The Morgan fingerprint density at radius 1 is 1.00 bits per heavy atom. The van der Waals surface area contributed by atoms with E-state index in [1.54, 1.807) is 6.92 Å². The van der Waals surface area contributed by atoms with Crippen molar-refractivity contribution in [3.05, 3.63) is 29.8 Å². The second-order valence-corrected chi connectivity index (χ2v) is 7.00. The van der Waals surface area contributed by atoms with E-state index in [1.165, 1.54) is 12.8 Å². The van der Waals surface area contributed by atoms with Gasteiger partial charge in [0, 0.05) is 37.2 Å². The SMILES string of the molecule is CC(=O)c1ccc(N2CCC(OC(=O)COC3CCCC3)CC2)cc1. The number of carbonyl (C=O) groups excluding carboxylic acids is 2. The van der Waals surface area contributed by atoms with E-state index in [2.05, 4.69) is 4.90 Å². The highest BCUT2D eigenvalue weighted by molar-refractivity contribution is 5.94. The Bertz CT molecular complexity index is 584. The Labute approximate surface area is 149 Å². The molecule has 1 aliphatic carbocycles. The lowest BCUT2D eigenvalue weighted by Crippen LogP contribution is -2.38. The Morgan fingerprint density at radius 2 is 1.64 bits per heavy atom. The van der Waals surface area contributed by atoms with Gasteiger partial charge in [-0.2, -0.15) is 0 Å². The zero-order valence-corrected chi connectivity index (χ0v) is 14.9. The fourth-order valence-corrected chi connectivity index (χ4v) is 3.60. The molecule has 0 N–H and O–H groups in total. The normalized spacial score (nSPS) is 19.2. The average Bonchev–Trinajstić information content (AvgIpc) is 3.14. The van der Waals surface area contributed by atoms with Crippen LogP contribution >= 0.6 is 0 Å². The molecule has 2 fully saturated rings. The summed E-state index contributed by atoms with van der Waals surface area (Å²) in [4.78, 5) is 25.5. The second kappa shape index (κ2) is 8.48. The smallest absolute Gasteiger partial charge is 0.332 e. The molecule has 5 nitrogen and oxygen atoms in total. The number of anilines is 1. The molecule has 0 bridgehead atoms. The molecule has 1 heterocycles. The predicted octanol–water partition coefficient (Wildman–Crippen LogP) is 3.36. The summed E-state index contributed by atoms with van der Waals surface area (Å²) >= 11 is 0. The molecule has 0 unspecified atom stereocenters. The summed E-state index contributed by atoms with van der Waals surface area (Å²) in [5.41, 5.74) is 1.84. The molecule has 0 aromatic heterocycles. The molecule has 1 saturated heterocycles. The number of rotatable bonds is 6. The lowest BCUT2D eigenvalue weighted by molar-refractivity contribution is -0.157. The molecule has 5 heteroatoms. The molecule has 2 aliphatic rings. The highest BCUT2D eigenvalue weighted by atomic mass is 16.6. The zero-order chi connectivity index (χ0) is 17.6. The van der Waals surface area contributed by atoms with Gasteiger partial charge in [-0.3, -0.25) is 4.79 Å². The molecule has 0 spiro atoms. The minimum atomic E-state index is -0.240. The van der Waals surface area contributed by atoms with E-state index in [0.29, 0.717) is 0 Å². The lowest BCUT2D eigenvalue weighted by atomic mass is 10.1. The summed E-state index contributed by atoms with van der Waals surface area (Å²) < 4.78 is 11.2. The van der Waals surface area contributed by atoms with Crippen LogP contribution in [-0.4, -0.2) is 43.7 Å². The first-order chi connectivity index (χ1) is 12.1. The van der Waals surface area contributed by atoms with Crippen LogP contribution in [0.3, 0.4) is 0 Å². The quantitative estimate of drug-likeness (QED) is 0.584. The monoisotopic (exact) mass is 345 g/mol. The number of ketones is 1. The van der Waals surface area contributed by atoms with Gasteiger partial charge in [0.25, 0.3) is 0 Å². The molecule has 1 aromatic rings. The van der Waals surface area contributed by atoms with E-state index in [1.807, 2.05) is 24.3 Å². The van der Waals surface area contributed by atoms with Crippen LogP contribution in [0.15, 0.2) is 24.3 Å². The second-order valence-electron chi connectivity index (χ2n) is 7.00. The molecular formula is C20H27NO4. The van der Waals surface area contributed by atoms with Crippen molar-refractivity contribution in [2.45, 2.75) is 57.7 Å². The number of ether oxygens (including phenoxy) is 2. The highest BCUT2D eigenvalue weighted by Gasteiger charge is 2.23. The van der Waals surface area contributed by atoms with Gasteiger partial charge in [0.1, 0.15) is 12.7 Å². The topological polar surface area (TPSA) is 55.8 Å². The van der Waals surface area contributed by atoms with E-state index in [-0.39, 0.29) is 30.6 Å². The van der Waals surface area contributed by atoms with Crippen LogP contribution in [0.2, 0.25) is 0 Å². The summed E-state index contributed by atoms with van der Waals surface area (Å²) in [5.74, 6) is -0.159. The van der Waals surface area contributed by atoms with Gasteiger partial charge >= 0.3 is 5.97 Å². The molecule has 1 aliphatic heterocycles. The van der Waals surface area contributed by atoms with Gasteiger partial charge in [0.15, 0.2) is 5.78 Å². The van der Waals surface area contributed by atoms with E-state index in [9.17, 15) is 9.59 Å². The van der Waals surface area contributed by atoms with Gasteiger partial charge in [-0.1, -0.05) is 12.8 Å². The Morgan fingerprint density at radius 3 is 2.24 bits per heavy atom. The molecule has 136 valence electrons. The highest BCUT2D eigenvalue weighted by Crippen LogP contribution is 2.23. The standard InChI is InChI=1S/C20H27NO4/c1-15(22)16-6-8-17(9-7-16)21-12-10-19(11-13-21)25-20(23)14-24-18-4-2-3-5-18/h6-9,18-19H,2-5,10-14H2,1H3. The van der Waals surface area contributed by atoms with Crippen molar-refractivity contribution in [1.82, 2.24) is 0 Å². The fraction of sp³-hybridized carbons (Fsp3) is 0.600. The maximum absolute atomic E-state index is 11.9. The van der Waals surface area contributed by atoms with Crippen molar-refractivity contribution in [3.8, 4) is 0 Å². The van der Waals surface area contributed by atoms with Gasteiger partial charge in [0.05, 0.1) is 6.10 Å². The summed E-state index contributed by atoms with van der Waals surface area (Å²) in [6, 6.07) is 7.70. The fourth-order valence-electron chi connectivity index (χ4n) is 3.60.